The minimum atomic E-state index is -0.449. The number of hydrogen-bond donors (Lipinski definition) is 2. The third-order valence-corrected chi connectivity index (χ3v) is 5.16. The Bertz CT molecular complexity index is 618. The molecule has 0 saturated carbocycles. The summed E-state index contributed by atoms with van der Waals surface area (Å²) in [6.45, 7) is 3.85. The van der Waals surface area contributed by atoms with Gasteiger partial charge in [-0.2, -0.15) is 0 Å². The molecule has 1 aliphatic rings. The highest BCUT2D eigenvalue weighted by molar-refractivity contribution is 7.99. The maximum absolute atomic E-state index is 12.5. The molecule has 1 aliphatic heterocycles. The first-order valence-electron chi connectivity index (χ1n) is 7.99. The Hall–Kier alpha value is -2.02. The molecule has 3 amide bonds. The van der Waals surface area contributed by atoms with Gasteiger partial charge in [0.25, 0.3) is 5.91 Å². The molecule has 1 aromatic carbocycles. The van der Waals surface area contributed by atoms with Gasteiger partial charge in [-0.25, -0.2) is 0 Å². The normalized spacial score (nSPS) is 18.1. The van der Waals surface area contributed by atoms with Crippen LogP contribution >= 0.6 is 11.8 Å². The van der Waals surface area contributed by atoms with Crippen LogP contribution in [-0.4, -0.2) is 47.3 Å². The van der Waals surface area contributed by atoms with Crippen molar-refractivity contribution < 1.29 is 14.4 Å². The highest BCUT2D eigenvalue weighted by Gasteiger charge is 2.36. The van der Waals surface area contributed by atoms with Crippen LogP contribution in [0.2, 0.25) is 0 Å². The molecule has 1 fully saturated rings. The number of nitrogens with zero attached hydrogens (tertiary/aromatic N) is 1. The number of hydrogen-bond acceptors (Lipinski definition) is 4. The molecule has 1 aromatic rings. The Morgan fingerprint density at radius 3 is 2.54 bits per heavy atom. The molecule has 0 aromatic heterocycles. The number of thioether (sulfide) groups is 1. The summed E-state index contributed by atoms with van der Waals surface area (Å²) in [5, 5.41) is 5.38. The van der Waals surface area contributed by atoms with Crippen molar-refractivity contribution in [2.75, 3.05) is 24.0 Å². The van der Waals surface area contributed by atoms with Crippen LogP contribution in [0.4, 0.5) is 5.69 Å². The molecule has 0 unspecified atom stereocenters. The first-order chi connectivity index (χ1) is 11.5. The van der Waals surface area contributed by atoms with Crippen molar-refractivity contribution in [1.82, 2.24) is 10.2 Å². The maximum Gasteiger partial charge on any atom is 0.251 e. The van der Waals surface area contributed by atoms with Gasteiger partial charge in [0.2, 0.25) is 11.8 Å². The van der Waals surface area contributed by atoms with Gasteiger partial charge in [-0.1, -0.05) is 13.8 Å². The topological polar surface area (TPSA) is 78.5 Å². The van der Waals surface area contributed by atoms with E-state index in [4.69, 9.17) is 0 Å². The highest BCUT2D eigenvalue weighted by atomic mass is 32.2. The van der Waals surface area contributed by atoms with Gasteiger partial charge < -0.3 is 15.5 Å². The average Bonchev–Trinajstić information content (AvgIpc) is 3.10. The second-order valence-electron chi connectivity index (χ2n) is 5.78. The predicted molar refractivity (Wildman–Crippen MR) is 95.9 cm³/mol. The summed E-state index contributed by atoms with van der Waals surface area (Å²) in [5.41, 5.74) is 1.14. The second kappa shape index (κ2) is 8.19. The summed E-state index contributed by atoms with van der Waals surface area (Å²) >= 11 is 1.59. The molecule has 130 valence electrons. The molecule has 2 N–H and O–H groups in total. The van der Waals surface area contributed by atoms with Crippen LogP contribution in [-0.2, 0) is 9.59 Å². The fourth-order valence-electron chi connectivity index (χ4n) is 2.41. The van der Waals surface area contributed by atoms with Crippen LogP contribution in [0.15, 0.2) is 24.3 Å². The smallest absolute Gasteiger partial charge is 0.251 e. The van der Waals surface area contributed by atoms with Gasteiger partial charge in [-0.15, -0.1) is 11.8 Å². The van der Waals surface area contributed by atoms with E-state index in [-0.39, 0.29) is 23.6 Å². The lowest BCUT2D eigenvalue weighted by molar-refractivity contribution is -0.139. The molecule has 0 bridgehead atoms. The lowest BCUT2D eigenvalue weighted by atomic mass is 10.1. The molecular formula is C17H23N3O3S. The number of carbonyl (C=O) groups excluding carboxylic acids is 3. The van der Waals surface area contributed by atoms with Gasteiger partial charge in [0.1, 0.15) is 6.04 Å². The standard InChI is InChI=1S/C17H23N3O3S/c1-4-11(2)17(23)20-10-24-9-14(20)16(22)19-13-7-5-12(6-8-13)15(21)18-3/h5-8,11,14H,4,9-10H2,1-3H3,(H,18,21)(H,19,22)/t11-,14+/m0/s1. The van der Waals surface area contributed by atoms with E-state index >= 15 is 0 Å². The summed E-state index contributed by atoms with van der Waals surface area (Å²) in [4.78, 5) is 38.1. The molecule has 1 heterocycles. The van der Waals surface area contributed by atoms with E-state index in [0.717, 1.165) is 6.42 Å². The summed E-state index contributed by atoms with van der Waals surface area (Å²) in [5.74, 6) is 0.736. The Morgan fingerprint density at radius 1 is 1.29 bits per heavy atom. The van der Waals surface area contributed by atoms with Crippen LogP contribution in [0.1, 0.15) is 30.6 Å². The van der Waals surface area contributed by atoms with Crippen LogP contribution in [0.3, 0.4) is 0 Å². The van der Waals surface area contributed by atoms with Gasteiger partial charge in [0.05, 0.1) is 5.88 Å². The van der Waals surface area contributed by atoms with E-state index in [2.05, 4.69) is 10.6 Å². The van der Waals surface area contributed by atoms with E-state index < -0.39 is 6.04 Å². The van der Waals surface area contributed by atoms with E-state index in [0.29, 0.717) is 22.9 Å². The SMILES string of the molecule is CC[C@H](C)C(=O)N1CSC[C@@H]1C(=O)Nc1ccc(C(=O)NC)cc1. The van der Waals surface area contributed by atoms with E-state index in [1.807, 2.05) is 13.8 Å². The summed E-state index contributed by atoms with van der Waals surface area (Å²) < 4.78 is 0. The van der Waals surface area contributed by atoms with E-state index in [1.165, 1.54) is 0 Å². The minimum absolute atomic E-state index is 0.0256. The number of rotatable bonds is 5. The second-order valence-corrected chi connectivity index (χ2v) is 6.78. The Balaban J connectivity index is 2.03. The van der Waals surface area contributed by atoms with Gasteiger partial charge in [-0.05, 0) is 30.7 Å². The van der Waals surface area contributed by atoms with Gasteiger partial charge in [0, 0.05) is 30.0 Å². The number of amides is 3. The fourth-order valence-corrected chi connectivity index (χ4v) is 3.57. The van der Waals surface area contributed by atoms with Gasteiger partial charge in [0.15, 0.2) is 0 Å². The Kier molecular flexibility index (Phi) is 6.25. The quantitative estimate of drug-likeness (QED) is 0.851. The summed E-state index contributed by atoms with van der Waals surface area (Å²) in [6.07, 6.45) is 0.759. The van der Waals surface area contributed by atoms with Crippen LogP contribution < -0.4 is 10.6 Å². The number of anilines is 1. The molecule has 0 aliphatic carbocycles. The van der Waals surface area contributed by atoms with Crippen LogP contribution in [0.5, 0.6) is 0 Å². The predicted octanol–water partition coefficient (Wildman–Crippen LogP) is 1.93. The molecule has 0 radical (unpaired) electrons. The molecule has 2 rings (SSSR count). The van der Waals surface area contributed by atoms with Crippen molar-refractivity contribution in [3.63, 3.8) is 0 Å². The number of benzene rings is 1. The van der Waals surface area contributed by atoms with Crippen molar-refractivity contribution in [1.29, 1.82) is 0 Å². The number of nitrogens with one attached hydrogen (secondary N) is 2. The van der Waals surface area contributed by atoms with Crippen molar-refractivity contribution in [3.05, 3.63) is 29.8 Å². The molecule has 6 nitrogen and oxygen atoms in total. The zero-order valence-corrected chi connectivity index (χ0v) is 15.0. The van der Waals surface area contributed by atoms with Crippen molar-refractivity contribution in [2.24, 2.45) is 5.92 Å². The number of carbonyl (C=O) groups is 3. The summed E-state index contributed by atoms with van der Waals surface area (Å²) in [6, 6.07) is 6.23. The summed E-state index contributed by atoms with van der Waals surface area (Å²) in [7, 11) is 1.57. The Labute approximate surface area is 146 Å². The average molecular weight is 349 g/mol. The maximum atomic E-state index is 12.5. The minimum Gasteiger partial charge on any atom is -0.355 e. The largest absolute Gasteiger partial charge is 0.355 e. The van der Waals surface area contributed by atoms with Crippen molar-refractivity contribution >= 4 is 35.2 Å². The Morgan fingerprint density at radius 2 is 1.96 bits per heavy atom. The third kappa shape index (κ3) is 4.08. The zero-order valence-electron chi connectivity index (χ0n) is 14.2. The lowest BCUT2D eigenvalue weighted by Crippen LogP contribution is -2.46. The highest BCUT2D eigenvalue weighted by Crippen LogP contribution is 2.25. The zero-order chi connectivity index (χ0) is 17.7. The van der Waals surface area contributed by atoms with E-state index in [9.17, 15) is 14.4 Å². The van der Waals surface area contributed by atoms with Crippen LogP contribution in [0, 0.1) is 5.92 Å². The molecule has 0 spiro atoms. The molecule has 1 saturated heterocycles. The first kappa shape index (κ1) is 18.3. The lowest BCUT2D eigenvalue weighted by Gasteiger charge is -2.25. The monoisotopic (exact) mass is 349 g/mol. The van der Waals surface area contributed by atoms with E-state index in [1.54, 1.807) is 48.0 Å². The molecule has 2 atom stereocenters. The third-order valence-electron chi connectivity index (χ3n) is 4.14. The first-order valence-corrected chi connectivity index (χ1v) is 9.14. The van der Waals surface area contributed by atoms with Crippen molar-refractivity contribution in [3.8, 4) is 0 Å². The molecular weight excluding hydrogens is 326 g/mol. The molecule has 7 heteroatoms. The van der Waals surface area contributed by atoms with Crippen molar-refractivity contribution in [2.45, 2.75) is 26.3 Å². The van der Waals surface area contributed by atoms with Gasteiger partial charge >= 0.3 is 0 Å². The fraction of sp³-hybridized carbons (Fsp3) is 0.471. The van der Waals surface area contributed by atoms with Gasteiger partial charge in [-0.3, -0.25) is 14.4 Å². The molecule has 24 heavy (non-hydrogen) atoms. The van der Waals surface area contributed by atoms with Crippen LogP contribution in [0.25, 0.3) is 0 Å².